The first-order chi connectivity index (χ1) is 9.97. The van der Waals surface area contributed by atoms with Crippen LogP contribution in [0.25, 0.3) is 0 Å². The summed E-state index contributed by atoms with van der Waals surface area (Å²) < 4.78 is 6.45. The number of aromatic nitrogens is 2. The molecule has 2 N–H and O–H groups in total. The molecule has 0 aliphatic heterocycles. The maximum Gasteiger partial charge on any atom is 0.342 e. The SMILES string of the molecule is C[C@@H](OC(=O)c1cnn(Cc2ccccc2Cl)c1)C(N)=O. The number of nitrogens with zero attached hydrogens (tertiary/aromatic N) is 2. The number of carbonyl (C=O) groups is 2. The van der Waals surface area contributed by atoms with Crippen molar-refractivity contribution in [1.29, 1.82) is 0 Å². The van der Waals surface area contributed by atoms with Crippen LogP contribution in [0.5, 0.6) is 0 Å². The summed E-state index contributed by atoms with van der Waals surface area (Å²) in [5.41, 5.74) is 6.16. The van der Waals surface area contributed by atoms with E-state index in [1.165, 1.54) is 19.3 Å². The molecule has 0 spiro atoms. The van der Waals surface area contributed by atoms with Crippen molar-refractivity contribution in [3.05, 3.63) is 52.8 Å². The second-order valence-corrected chi connectivity index (χ2v) is 4.88. The highest BCUT2D eigenvalue weighted by Crippen LogP contribution is 2.16. The first kappa shape index (κ1) is 15.1. The summed E-state index contributed by atoms with van der Waals surface area (Å²) >= 11 is 6.06. The molecule has 0 bridgehead atoms. The van der Waals surface area contributed by atoms with E-state index in [0.29, 0.717) is 11.6 Å². The number of ether oxygens (including phenoxy) is 1. The van der Waals surface area contributed by atoms with Gasteiger partial charge in [0.25, 0.3) is 5.91 Å². The van der Waals surface area contributed by atoms with Crippen molar-refractivity contribution in [3.8, 4) is 0 Å². The van der Waals surface area contributed by atoms with E-state index in [2.05, 4.69) is 5.10 Å². The van der Waals surface area contributed by atoms with Gasteiger partial charge < -0.3 is 10.5 Å². The van der Waals surface area contributed by atoms with E-state index in [0.717, 1.165) is 5.56 Å². The standard InChI is InChI=1S/C14H14ClN3O3/c1-9(13(16)19)21-14(20)11-6-17-18(8-11)7-10-4-2-3-5-12(10)15/h2-6,8-9H,7H2,1H3,(H2,16,19)/t9-/m1/s1. The van der Waals surface area contributed by atoms with Gasteiger partial charge in [-0.15, -0.1) is 0 Å². The average molecular weight is 308 g/mol. The molecule has 110 valence electrons. The van der Waals surface area contributed by atoms with Gasteiger partial charge >= 0.3 is 5.97 Å². The Morgan fingerprint density at radius 2 is 2.14 bits per heavy atom. The fourth-order valence-electron chi connectivity index (χ4n) is 1.64. The summed E-state index contributed by atoms with van der Waals surface area (Å²) in [6.07, 6.45) is 1.91. The van der Waals surface area contributed by atoms with Crippen molar-refractivity contribution in [3.63, 3.8) is 0 Å². The largest absolute Gasteiger partial charge is 0.449 e. The maximum absolute atomic E-state index is 11.8. The van der Waals surface area contributed by atoms with Crippen molar-refractivity contribution in [2.75, 3.05) is 0 Å². The molecule has 1 atom stereocenters. The number of hydrogen-bond donors (Lipinski definition) is 1. The Balaban J connectivity index is 2.06. The van der Waals surface area contributed by atoms with Crippen molar-refractivity contribution in [2.24, 2.45) is 5.73 Å². The molecule has 0 radical (unpaired) electrons. The van der Waals surface area contributed by atoms with E-state index >= 15 is 0 Å². The van der Waals surface area contributed by atoms with Gasteiger partial charge in [-0.05, 0) is 18.6 Å². The number of halogens is 1. The van der Waals surface area contributed by atoms with Crippen molar-refractivity contribution in [2.45, 2.75) is 19.6 Å². The molecular formula is C14H14ClN3O3. The minimum atomic E-state index is -0.982. The van der Waals surface area contributed by atoms with Crippen LogP contribution in [0.2, 0.25) is 5.02 Å². The lowest BCUT2D eigenvalue weighted by Crippen LogP contribution is -2.30. The summed E-state index contributed by atoms with van der Waals surface area (Å²) in [7, 11) is 0. The lowest BCUT2D eigenvalue weighted by Gasteiger charge is -2.07. The van der Waals surface area contributed by atoms with Crippen molar-refractivity contribution in [1.82, 2.24) is 9.78 Å². The maximum atomic E-state index is 11.8. The fourth-order valence-corrected chi connectivity index (χ4v) is 1.84. The van der Waals surface area contributed by atoms with Crippen LogP contribution >= 0.6 is 11.6 Å². The van der Waals surface area contributed by atoms with Crippen LogP contribution in [0, 0.1) is 0 Å². The highest BCUT2D eigenvalue weighted by Gasteiger charge is 2.17. The van der Waals surface area contributed by atoms with E-state index in [-0.39, 0.29) is 5.56 Å². The number of benzene rings is 1. The van der Waals surface area contributed by atoms with E-state index in [1.54, 1.807) is 10.7 Å². The number of amides is 1. The topological polar surface area (TPSA) is 87.2 Å². The molecule has 1 amide bonds. The second-order valence-electron chi connectivity index (χ2n) is 4.47. The van der Waals surface area contributed by atoms with Gasteiger partial charge in [-0.3, -0.25) is 9.48 Å². The van der Waals surface area contributed by atoms with E-state index in [9.17, 15) is 9.59 Å². The monoisotopic (exact) mass is 307 g/mol. The zero-order valence-electron chi connectivity index (χ0n) is 11.3. The molecule has 0 aliphatic rings. The summed E-state index contributed by atoms with van der Waals surface area (Å²) in [5, 5.41) is 4.69. The molecule has 21 heavy (non-hydrogen) atoms. The number of primary amides is 1. The van der Waals surface area contributed by atoms with Crippen molar-refractivity contribution >= 4 is 23.5 Å². The molecule has 1 aromatic carbocycles. The van der Waals surface area contributed by atoms with E-state index in [4.69, 9.17) is 22.1 Å². The smallest absolute Gasteiger partial charge is 0.342 e. The lowest BCUT2D eigenvalue weighted by molar-refractivity contribution is -0.125. The third kappa shape index (κ3) is 3.82. The number of esters is 1. The molecule has 0 saturated carbocycles. The number of carbonyl (C=O) groups excluding carboxylic acids is 2. The predicted molar refractivity (Wildman–Crippen MR) is 76.9 cm³/mol. The van der Waals surface area contributed by atoms with Crippen LogP contribution in [-0.2, 0) is 16.1 Å². The average Bonchev–Trinajstić information content (AvgIpc) is 2.90. The molecule has 6 nitrogen and oxygen atoms in total. The molecule has 1 heterocycles. The number of nitrogens with two attached hydrogens (primary N) is 1. The van der Waals surface area contributed by atoms with Crippen LogP contribution in [0.4, 0.5) is 0 Å². The lowest BCUT2D eigenvalue weighted by atomic mass is 10.2. The molecular weight excluding hydrogens is 294 g/mol. The van der Waals surface area contributed by atoms with Crippen LogP contribution in [0.15, 0.2) is 36.7 Å². The van der Waals surface area contributed by atoms with Gasteiger partial charge in [0.15, 0.2) is 6.10 Å². The molecule has 1 aromatic heterocycles. The summed E-state index contributed by atoms with van der Waals surface area (Å²) in [6.45, 7) is 1.84. The molecule has 0 unspecified atom stereocenters. The summed E-state index contributed by atoms with van der Waals surface area (Å²) in [5.74, 6) is -1.35. The Hall–Kier alpha value is -2.34. The third-order valence-corrected chi connectivity index (χ3v) is 3.21. The highest BCUT2D eigenvalue weighted by molar-refractivity contribution is 6.31. The molecule has 0 aliphatic carbocycles. The normalized spacial score (nSPS) is 11.9. The van der Waals surface area contributed by atoms with Gasteiger partial charge in [0.05, 0.1) is 18.3 Å². The van der Waals surface area contributed by atoms with Crippen LogP contribution in [-0.4, -0.2) is 27.8 Å². The van der Waals surface area contributed by atoms with Crippen LogP contribution < -0.4 is 5.73 Å². The minimum absolute atomic E-state index is 0.246. The van der Waals surface area contributed by atoms with Gasteiger partial charge in [-0.25, -0.2) is 4.79 Å². The number of rotatable bonds is 5. The van der Waals surface area contributed by atoms with Gasteiger partial charge in [-0.2, -0.15) is 5.10 Å². The Bertz CT molecular complexity index is 669. The molecule has 2 aromatic rings. The third-order valence-electron chi connectivity index (χ3n) is 2.84. The Morgan fingerprint density at radius 3 is 2.81 bits per heavy atom. The van der Waals surface area contributed by atoms with Gasteiger partial charge in [-0.1, -0.05) is 29.8 Å². The van der Waals surface area contributed by atoms with E-state index < -0.39 is 18.0 Å². The van der Waals surface area contributed by atoms with Crippen LogP contribution in [0.1, 0.15) is 22.8 Å². The Morgan fingerprint density at radius 1 is 1.43 bits per heavy atom. The second kappa shape index (κ2) is 6.41. The quantitative estimate of drug-likeness (QED) is 0.850. The molecule has 0 saturated heterocycles. The zero-order chi connectivity index (χ0) is 15.4. The Labute approximate surface area is 126 Å². The van der Waals surface area contributed by atoms with Crippen molar-refractivity contribution < 1.29 is 14.3 Å². The van der Waals surface area contributed by atoms with Crippen LogP contribution in [0.3, 0.4) is 0 Å². The van der Waals surface area contributed by atoms with Gasteiger partial charge in [0.2, 0.25) is 0 Å². The minimum Gasteiger partial charge on any atom is -0.449 e. The molecule has 2 rings (SSSR count). The van der Waals surface area contributed by atoms with Gasteiger partial charge in [0, 0.05) is 11.2 Å². The summed E-state index contributed by atoms with van der Waals surface area (Å²) in [6, 6.07) is 7.36. The number of hydrogen-bond acceptors (Lipinski definition) is 4. The van der Waals surface area contributed by atoms with E-state index in [1.807, 2.05) is 18.2 Å². The predicted octanol–water partition coefficient (Wildman–Crippen LogP) is 1.62. The fraction of sp³-hybridized carbons (Fsp3) is 0.214. The highest BCUT2D eigenvalue weighted by atomic mass is 35.5. The zero-order valence-corrected chi connectivity index (χ0v) is 12.1. The first-order valence-electron chi connectivity index (χ1n) is 6.23. The first-order valence-corrected chi connectivity index (χ1v) is 6.61. The Kier molecular flexibility index (Phi) is 4.59. The molecule has 0 fully saturated rings. The summed E-state index contributed by atoms with van der Waals surface area (Å²) in [4.78, 5) is 22.6. The van der Waals surface area contributed by atoms with Gasteiger partial charge in [0.1, 0.15) is 0 Å². The molecule has 7 heteroatoms.